The molecule has 2 atom stereocenters. The fourth-order valence-corrected chi connectivity index (χ4v) is 2.66. The Kier molecular flexibility index (Phi) is 4.88. The van der Waals surface area contributed by atoms with Crippen molar-refractivity contribution < 1.29 is 19.4 Å². The molecule has 0 amide bonds. The lowest BCUT2D eigenvalue weighted by Gasteiger charge is -2.29. The summed E-state index contributed by atoms with van der Waals surface area (Å²) in [5, 5.41) is 9.82. The molecular formula is C9H16O4S. The highest BCUT2D eigenvalue weighted by Crippen LogP contribution is 2.24. The molecule has 0 aromatic rings. The molecule has 82 valence electrons. The molecule has 0 bridgehead atoms. The van der Waals surface area contributed by atoms with Crippen LogP contribution in [0.25, 0.3) is 0 Å². The van der Waals surface area contributed by atoms with Gasteiger partial charge in [-0.05, 0) is 0 Å². The van der Waals surface area contributed by atoms with Gasteiger partial charge >= 0.3 is 0 Å². The summed E-state index contributed by atoms with van der Waals surface area (Å²) in [6.07, 6.45) is -1.03. The summed E-state index contributed by atoms with van der Waals surface area (Å²) in [6, 6.07) is 0. The van der Waals surface area contributed by atoms with Crippen LogP contribution in [0.3, 0.4) is 0 Å². The number of aliphatic hydroxyl groups is 1. The van der Waals surface area contributed by atoms with Gasteiger partial charge in [-0.3, -0.25) is 4.79 Å². The van der Waals surface area contributed by atoms with E-state index in [1.165, 1.54) is 14.2 Å². The van der Waals surface area contributed by atoms with Crippen LogP contribution < -0.4 is 0 Å². The molecule has 1 saturated heterocycles. The van der Waals surface area contributed by atoms with Crippen LogP contribution in [0.5, 0.6) is 0 Å². The first-order valence-electron chi connectivity index (χ1n) is 4.54. The number of aliphatic hydroxyl groups excluding tert-OH is 1. The van der Waals surface area contributed by atoms with E-state index in [1.807, 2.05) is 0 Å². The van der Waals surface area contributed by atoms with Gasteiger partial charge in [0.15, 0.2) is 6.29 Å². The Morgan fingerprint density at radius 2 is 2.14 bits per heavy atom. The minimum Gasteiger partial charge on any atom is -0.387 e. The van der Waals surface area contributed by atoms with Gasteiger partial charge in [-0.25, -0.2) is 0 Å². The van der Waals surface area contributed by atoms with Gasteiger partial charge in [0.2, 0.25) is 0 Å². The molecule has 1 N–H and O–H groups in total. The fraction of sp³-hybridized carbons (Fsp3) is 0.889. The lowest BCUT2D eigenvalue weighted by molar-refractivity contribution is -0.179. The van der Waals surface area contributed by atoms with Crippen molar-refractivity contribution in [3.63, 3.8) is 0 Å². The Hall–Kier alpha value is -0.100. The molecule has 5 heteroatoms. The van der Waals surface area contributed by atoms with Crippen molar-refractivity contribution in [1.29, 1.82) is 0 Å². The highest BCUT2D eigenvalue weighted by atomic mass is 32.2. The minimum atomic E-state index is -0.856. The molecule has 1 aliphatic heterocycles. The standard InChI is InChI=1S/C9H16O4S/c1-12-9(13-2)8(11)6-5-14-4-3-7(6)10/h6,8-9,11H,3-5H2,1-2H3/t6-,8-/m1/s1. The van der Waals surface area contributed by atoms with E-state index in [9.17, 15) is 9.90 Å². The van der Waals surface area contributed by atoms with Crippen LogP contribution in [0, 0.1) is 5.92 Å². The zero-order valence-electron chi connectivity index (χ0n) is 8.43. The van der Waals surface area contributed by atoms with Crippen molar-refractivity contribution in [1.82, 2.24) is 0 Å². The third-order valence-corrected chi connectivity index (χ3v) is 3.45. The number of hydrogen-bond acceptors (Lipinski definition) is 5. The molecule has 0 saturated carbocycles. The number of ether oxygens (including phenoxy) is 2. The molecular weight excluding hydrogens is 204 g/mol. The predicted octanol–water partition coefficient (Wildman–Crippen LogP) is 0.288. The normalized spacial score (nSPS) is 25.4. The van der Waals surface area contributed by atoms with E-state index in [1.54, 1.807) is 11.8 Å². The molecule has 0 unspecified atom stereocenters. The molecule has 0 radical (unpaired) electrons. The van der Waals surface area contributed by atoms with Crippen molar-refractivity contribution in [2.45, 2.75) is 18.8 Å². The lowest BCUT2D eigenvalue weighted by atomic mass is 9.97. The smallest absolute Gasteiger partial charge is 0.183 e. The van der Waals surface area contributed by atoms with Gasteiger partial charge in [0.25, 0.3) is 0 Å². The second-order valence-corrected chi connectivity index (χ2v) is 4.38. The van der Waals surface area contributed by atoms with E-state index < -0.39 is 12.4 Å². The molecule has 14 heavy (non-hydrogen) atoms. The Morgan fingerprint density at radius 1 is 1.50 bits per heavy atom. The zero-order valence-corrected chi connectivity index (χ0v) is 9.25. The fourth-order valence-electron chi connectivity index (χ4n) is 1.52. The highest BCUT2D eigenvalue weighted by molar-refractivity contribution is 7.99. The number of methoxy groups -OCH3 is 2. The number of hydrogen-bond donors (Lipinski definition) is 1. The molecule has 0 aliphatic carbocycles. The third-order valence-electron chi connectivity index (χ3n) is 2.36. The number of ketones is 1. The largest absolute Gasteiger partial charge is 0.387 e. The Balaban J connectivity index is 2.56. The summed E-state index contributed by atoms with van der Waals surface area (Å²) < 4.78 is 9.86. The van der Waals surface area contributed by atoms with Crippen molar-refractivity contribution >= 4 is 17.5 Å². The molecule has 0 aromatic heterocycles. The lowest BCUT2D eigenvalue weighted by Crippen LogP contribution is -2.42. The maximum Gasteiger partial charge on any atom is 0.183 e. The molecule has 1 fully saturated rings. The maximum absolute atomic E-state index is 11.5. The van der Waals surface area contributed by atoms with E-state index in [0.717, 1.165) is 5.75 Å². The first-order chi connectivity index (χ1) is 6.70. The first kappa shape index (κ1) is 12.0. The topological polar surface area (TPSA) is 55.8 Å². The van der Waals surface area contributed by atoms with E-state index in [0.29, 0.717) is 12.2 Å². The van der Waals surface area contributed by atoms with Gasteiger partial charge in [-0.2, -0.15) is 11.8 Å². The monoisotopic (exact) mass is 220 g/mol. The average molecular weight is 220 g/mol. The van der Waals surface area contributed by atoms with Crippen molar-refractivity contribution in [2.24, 2.45) is 5.92 Å². The second kappa shape index (κ2) is 5.70. The van der Waals surface area contributed by atoms with Crippen LogP contribution in [-0.4, -0.2) is 49.0 Å². The summed E-state index contributed by atoms with van der Waals surface area (Å²) in [5.41, 5.74) is 0. The zero-order chi connectivity index (χ0) is 10.6. The molecule has 0 spiro atoms. The number of carbonyl (C=O) groups excluding carboxylic acids is 1. The molecule has 0 aromatic carbocycles. The van der Waals surface area contributed by atoms with E-state index in [-0.39, 0.29) is 11.7 Å². The van der Waals surface area contributed by atoms with Gasteiger partial charge in [0.05, 0.1) is 5.92 Å². The second-order valence-electron chi connectivity index (χ2n) is 3.23. The van der Waals surface area contributed by atoms with Crippen LogP contribution in [0.1, 0.15) is 6.42 Å². The van der Waals surface area contributed by atoms with Crippen molar-refractivity contribution in [3.05, 3.63) is 0 Å². The Morgan fingerprint density at radius 3 is 2.64 bits per heavy atom. The predicted molar refractivity (Wildman–Crippen MR) is 54.3 cm³/mol. The van der Waals surface area contributed by atoms with Crippen molar-refractivity contribution in [2.75, 3.05) is 25.7 Å². The molecule has 1 aliphatic rings. The van der Waals surface area contributed by atoms with Gasteiger partial charge in [0, 0.05) is 32.1 Å². The Bertz CT molecular complexity index is 193. The average Bonchev–Trinajstić information content (AvgIpc) is 2.20. The Labute approximate surface area is 88.0 Å². The van der Waals surface area contributed by atoms with Crippen LogP contribution >= 0.6 is 11.8 Å². The maximum atomic E-state index is 11.5. The molecule has 1 heterocycles. The van der Waals surface area contributed by atoms with Crippen molar-refractivity contribution in [3.8, 4) is 0 Å². The van der Waals surface area contributed by atoms with Crippen LogP contribution in [-0.2, 0) is 14.3 Å². The quantitative estimate of drug-likeness (QED) is 0.690. The van der Waals surface area contributed by atoms with E-state index in [4.69, 9.17) is 9.47 Å². The summed E-state index contributed by atoms with van der Waals surface area (Å²) in [7, 11) is 2.91. The summed E-state index contributed by atoms with van der Waals surface area (Å²) >= 11 is 1.68. The SMILES string of the molecule is COC(OC)[C@H](O)[C@@H]1CSCCC1=O. The highest BCUT2D eigenvalue weighted by Gasteiger charge is 2.34. The minimum absolute atomic E-state index is 0.107. The van der Waals surface area contributed by atoms with Gasteiger partial charge < -0.3 is 14.6 Å². The number of Topliss-reactive ketones (excluding diaryl/α,β-unsaturated/α-hetero) is 1. The molecule has 1 rings (SSSR count). The third kappa shape index (κ3) is 2.70. The van der Waals surface area contributed by atoms with Crippen LogP contribution in [0.4, 0.5) is 0 Å². The van der Waals surface area contributed by atoms with E-state index in [2.05, 4.69) is 0 Å². The van der Waals surface area contributed by atoms with Gasteiger partial charge in [-0.1, -0.05) is 0 Å². The van der Waals surface area contributed by atoms with Crippen LogP contribution in [0.15, 0.2) is 0 Å². The first-order valence-corrected chi connectivity index (χ1v) is 5.70. The number of carbonyl (C=O) groups is 1. The summed E-state index contributed by atoms with van der Waals surface area (Å²) in [4.78, 5) is 11.5. The molecule has 4 nitrogen and oxygen atoms in total. The van der Waals surface area contributed by atoms with Gasteiger partial charge in [0.1, 0.15) is 11.9 Å². The van der Waals surface area contributed by atoms with Gasteiger partial charge in [-0.15, -0.1) is 0 Å². The van der Waals surface area contributed by atoms with E-state index >= 15 is 0 Å². The summed E-state index contributed by atoms with van der Waals surface area (Å²) in [6.45, 7) is 0. The number of thioether (sulfide) groups is 1. The van der Waals surface area contributed by atoms with Crippen LogP contribution in [0.2, 0.25) is 0 Å². The number of rotatable bonds is 4. The summed E-state index contributed by atoms with van der Waals surface area (Å²) in [5.74, 6) is 1.27.